The molecule has 0 unspecified atom stereocenters. The van der Waals surface area contributed by atoms with Crippen LogP contribution in [0.2, 0.25) is 0 Å². The molecule has 1 heterocycles. The number of anilines is 1. The van der Waals surface area contributed by atoms with E-state index in [1.807, 2.05) is 18.2 Å². The van der Waals surface area contributed by atoms with Gasteiger partial charge in [-0.3, -0.25) is 9.59 Å². The molecule has 0 radical (unpaired) electrons. The molecule has 6 rings (SSSR count). The Bertz CT molecular complexity index is 735. The highest BCUT2D eigenvalue weighted by Gasteiger charge is 2.67. The second-order valence-electron chi connectivity index (χ2n) is 7.29. The lowest BCUT2D eigenvalue weighted by atomic mass is 9.63. The van der Waals surface area contributed by atoms with Crippen molar-refractivity contribution in [1.29, 1.82) is 0 Å². The zero-order valence-corrected chi connectivity index (χ0v) is 14.5. The molecule has 1 saturated heterocycles. The molecule has 3 nitrogen and oxygen atoms in total. The van der Waals surface area contributed by atoms with Gasteiger partial charge < -0.3 is 0 Å². The van der Waals surface area contributed by atoms with E-state index in [0.29, 0.717) is 11.8 Å². The van der Waals surface area contributed by atoms with Gasteiger partial charge in [0.1, 0.15) is 0 Å². The largest absolute Gasteiger partial charge is 0.274 e. The van der Waals surface area contributed by atoms with Crippen LogP contribution in [0.5, 0.6) is 0 Å². The van der Waals surface area contributed by atoms with Gasteiger partial charge in [-0.15, -0.1) is 0 Å². The summed E-state index contributed by atoms with van der Waals surface area (Å²) in [5, 5.41) is 0. The number of nitrogens with zero attached hydrogens (tertiary/aromatic N) is 1. The number of carbonyl (C=O) groups excluding carboxylic acids is 2. The molecular weight excluding hydrogens is 354 g/mol. The fourth-order valence-electron chi connectivity index (χ4n) is 5.25. The molecule has 4 heteroatoms. The third-order valence-corrected chi connectivity index (χ3v) is 6.82. The topological polar surface area (TPSA) is 37.4 Å². The summed E-state index contributed by atoms with van der Waals surface area (Å²) in [5.41, 5.74) is 1.83. The number of carbonyl (C=O) groups is 2. The average Bonchev–Trinajstić information content (AvgIpc) is 3.33. The lowest BCUT2D eigenvalue weighted by Crippen LogP contribution is -2.40. The van der Waals surface area contributed by atoms with Gasteiger partial charge >= 0.3 is 0 Å². The summed E-state index contributed by atoms with van der Waals surface area (Å²) in [7, 11) is 0. The Kier molecular flexibility index (Phi) is 2.77. The van der Waals surface area contributed by atoms with Crippen LogP contribution in [0.25, 0.3) is 0 Å². The van der Waals surface area contributed by atoms with Crippen molar-refractivity contribution in [3.8, 4) is 0 Å². The number of hydrogen-bond donors (Lipinski definition) is 0. The lowest BCUT2D eigenvalue weighted by Gasteiger charge is -2.37. The molecule has 1 aromatic rings. The molecule has 23 heavy (non-hydrogen) atoms. The minimum Gasteiger partial charge on any atom is -0.274 e. The lowest BCUT2D eigenvalue weighted by molar-refractivity contribution is -0.124. The van der Waals surface area contributed by atoms with E-state index >= 15 is 0 Å². The Morgan fingerprint density at radius 1 is 1.09 bits per heavy atom. The third kappa shape index (κ3) is 1.70. The van der Waals surface area contributed by atoms with E-state index in [2.05, 4.69) is 35.0 Å². The van der Waals surface area contributed by atoms with Crippen LogP contribution in [0.3, 0.4) is 0 Å². The van der Waals surface area contributed by atoms with E-state index in [9.17, 15) is 9.59 Å². The van der Waals surface area contributed by atoms with E-state index in [1.165, 1.54) is 11.3 Å². The highest BCUT2D eigenvalue weighted by molar-refractivity contribution is 9.10. The van der Waals surface area contributed by atoms with Gasteiger partial charge in [-0.1, -0.05) is 35.0 Å². The summed E-state index contributed by atoms with van der Waals surface area (Å²) in [6, 6.07) is 5.84. The van der Waals surface area contributed by atoms with Crippen molar-refractivity contribution in [2.45, 2.75) is 19.8 Å². The Labute approximate surface area is 143 Å². The highest BCUT2D eigenvalue weighted by atomic mass is 79.9. The summed E-state index contributed by atoms with van der Waals surface area (Å²) < 4.78 is 0.984. The first-order chi connectivity index (χ1) is 11.1. The SMILES string of the molecule is CCc1cc(Br)ccc1N1C(=O)[C@@H]2[C@H]3C=C[C@@H]([C@@H]4C[C@H]34)[C@H]2C1=O. The molecule has 4 aliphatic carbocycles. The van der Waals surface area contributed by atoms with Crippen molar-refractivity contribution in [2.24, 2.45) is 35.5 Å². The number of hydrogen-bond acceptors (Lipinski definition) is 2. The van der Waals surface area contributed by atoms with Crippen molar-refractivity contribution in [3.05, 3.63) is 40.4 Å². The molecule has 0 aromatic heterocycles. The van der Waals surface area contributed by atoms with Crippen molar-refractivity contribution in [3.63, 3.8) is 0 Å². The predicted molar refractivity (Wildman–Crippen MR) is 90.7 cm³/mol. The van der Waals surface area contributed by atoms with E-state index in [1.54, 1.807) is 0 Å². The number of aryl methyl sites for hydroxylation is 1. The molecule has 2 saturated carbocycles. The third-order valence-electron chi connectivity index (χ3n) is 6.33. The maximum atomic E-state index is 13.1. The van der Waals surface area contributed by atoms with Gasteiger partial charge in [0.15, 0.2) is 0 Å². The van der Waals surface area contributed by atoms with Crippen LogP contribution >= 0.6 is 15.9 Å². The summed E-state index contributed by atoms with van der Waals surface area (Å²) in [6.45, 7) is 2.06. The second-order valence-corrected chi connectivity index (χ2v) is 8.21. The van der Waals surface area contributed by atoms with Gasteiger partial charge in [-0.25, -0.2) is 4.90 Å². The number of imide groups is 1. The minimum absolute atomic E-state index is 0.0294. The molecular formula is C19H18BrNO2. The average molecular weight is 372 g/mol. The molecule has 3 fully saturated rings. The smallest absolute Gasteiger partial charge is 0.238 e. The van der Waals surface area contributed by atoms with Crippen LogP contribution in [-0.2, 0) is 16.0 Å². The molecule has 5 aliphatic rings. The van der Waals surface area contributed by atoms with Crippen molar-refractivity contribution >= 4 is 33.4 Å². The zero-order chi connectivity index (χ0) is 15.9. The Balaban J connectivity index is 1.60. The molecule has 0 N–H and O–H groups in total. The predicted octanol–water partition coefficient (Wildman–Crippen LogP) is 3.57. The van der Waals surface area contributed by atoms with Crippen LogP contribution in [0.4, 0.5) is 5.69 Å². The van der Waals surface area contributed by atoms with E-state index in [4.69, 9.17) is 0 Å². The second kappa shape index (κ2) is 4.56. The normalized spacial score (nSPS) is 39.7. The number of rotatable bonds is 2. The van der Waals surface area contributed by atoms with E-state index in [-0.39, 0.29) is 35.5 Å². The summed E-state index contributed by atoms with van der Waals surface area (Å²) in [4.78, 5) is 27.7. The van der Waals surface area contributed by atoms with Crippen LogP contribution in [0, 0.1) is 35.5 Å². The molecule has 2 amide bonds. The minimum atomic E-state index is -0.116. The number of halogens is 1. The number of allylic oxidation sites excluding steroid dienone is 2. The number of benzene rings is 1. The van der Waals surface area contributed by atoms with Crippen LogP contribution < -0.4 is 4.90 Å². The summed E-state index contributed by atoms with van der Waals surface area (Å²) >= 11 is 3.48. The highest BCUT2D eigenvalue weighted by Crippen LogP contribution is 2.65. The van der Waals surface area contributed by atoms with Crippen molar-refractivity contribution in [2.75, 3.05) is 4.90 Å². The fourth-order valence-corrected chi connectivity index (χ4v) is 5.66. The first-order valence-corrected chi connectivity index (χ1v) is 9.25. The standard InChI is InChI=1S/C19H18BrNO2/c1-2-9-7-10(20)3-6-15(9)21-18(22)16-11-4-5-12(14-8-13(11)14)17(16)19(21)23/h3-7,11-14,16-17H,2,8H2,1H3/t11-,12-,13-,14+,16+,17+/m0/s1. The van der Waals surface area contributed by atoms with Gasteiger partial charge in [0.05, 0.1) is 17.5 Å². The Morgan fingerprint density at radius 2 is 1.70 bits per heavy atom. The zero-order valence-electron chi connectivity index (χ0n) is 12.9. The van der Waals surface area contributed by atoms with Gasteiger partial charge in [0.25, 0.3) is 0 Å². The van der Waals surface area contributed by atoms with Gasteiger partial charge in [0, 0.05) is 4.47 Å². The molecule has 118 valence electrons. The Hall–Kier alpha value is -1.42. The van der Waals surface area contributed by atoms with Crippen molar-refractivity contribution < 1.29 is 9.59 Å². The van der Waals surface area contributed by atoms with Gasteiger partial charge in [-0.05, 0) is 60.3 Å². The van der Waals surface area contributed by atoms with Crippen LogP contribution in [-0.4, -0.2) is 11.8 Å². The quantitative estimate of drug-likeness (QED) is 0.588. The first kappa shape index (κ1) is 14.0. The van der Waals surface area contributed by atoms with Crippen molar-refractivity contribution in [1.82, 2.24) is 0 Å². The van der Waals surface area contributed by atoms with Crippen LogP contribution in [0.15, 0.2) is 34.8 Å². The molecule has 6 atom stereocenters. The Morgan fingerprint density at radius 3 is 2.26 bits per heavy atom. The van der Waals surface area contributed by atoms with E-state index < -0.39 is 0 Å². The molecule has 0 spiro atoms. The number of amides is 2. The summed E-state index contributed by atoms with van der Waals surface area (Å²) in [6.07, 6.45) is 6.44. The molecule has 1 aliphatic heterocycles. The maximum absolute atomic E-state index is 13.1. The summed E-state index contributed by atoms with van der Waals surface area (Å²) in [5.74, 6) is 1.71. The monoisotopic (exact) mass is 371 g/mol. The van der Waals surface area contributed by atoms with Gasteiger partial charge in [-0.2, -0.15) is 0 Å². The van der Waals surface area contributed by atoms with Gasteiger partial charge in [0.2, 0.25) is 11.8 Å². The van der Waals surface area contributed by atoms with Crippen LogP contribution in [0.1, 0.15) is 18.9 Å². The molecule has 1 aromatic carbocycles. The first-order valence-electron chi connectivity index (χ1n) is 8.46. The fraction of sp³-hybridized carbons (Fsp3) is 0.474. The maximum Gasteiger partial charge on any atom is 0.238 e. The van der Waals surface area contributed by atoms with E-state index in [0.717, 1.165) is 22.1 Å². The molecule has 2 bridgehead atoms.